The van der Waals surface area contributed by atoms with E-state index in [0.717, 1.165) is 24.3 Å². The zero-order chi connectivity index (χ0) is 13.0. The number of piperidine rings is 1. The molecule has 2 rings (SSSR count). The molecule has 1 amide bonds. The molecule has 1 saturated heterocycles. The Balaban J connectivity index is 1.85. The predicted octanol–water partition coefficient (Wildman–Crippen LogP) is 3.32. The lowest BCUT2D eigenvalue weighted by Crippen LogP contribution is -2.42. The Labute approximate surface area is 112 Å². The monoisotopic (exact) mass is 267 g/mol. The van der Waals surface area contributed by atoms with E-state index in [1.54, 1.807) is 12.1 Å². The van der Waals surface area contributed by atoms with Crippen molar-refractivity contribution in [3.05, 3.63) is 30.1 Å². The molecule has 1 atom stereocenters. The van der Waals surface area contributed by atoms with Gasteiger partial charge in [0, 0.05) is 17.5 Å². The summed E-state index contributed by atoms with van der Waals surface area (Å²) in [5.41, 5.74) is 0. The van der Waals surface area contributed by atoms with Crippen molar-refractivity contribution < 1.29 is 9.18 Å². The smallest absolute Gasteiger partial charge is 0.233 e. The van der Waals surface area contributed by atoms with Crippen molar-refractivity contribution in [2.45, 2.75) is 37.1 Å². The average molecular weight is 267 g/mol. The first-order chi connectivity index (χ1) is 8.66. The molecule has 1 fully saturated rings. The number of carbonyl (C=O) groups excluding carboxylic acids is 1. The summed E-state index contributed by atoms with van der Waals surface area (Å²) in [4.78, 5) is 15.0. The number of likely N-dealkylation sites (tertiary alicyclic amines) is 1. The van der Waals surface area contributed by atoms with Gasteiger partial charge in [0.25, 0.3) is 0 Å². The van der Waals surface area contributed by atoms with Gasteiger partial charge in [0.2, 0.25) is 5.91 Å². The maximum atomic E-state index is 12.7. The number of hydrogen-bond donors (Lipinski definition) is 0. The third-order valence-electron chi connectivity index (χ3n) is 3.30. The lowest BCUT2D eigenvalue weighted by atomic mass is 10.0. The number of benzene rings is 1. The number of rotatable bonds is 3. The van der Waals surface area contributed by atoms with Gasteiger partial charge in [0.05, 0.1) is 5.75 Å². The largest absolute Gasteiger partial charge is 0.339 e. The van der Waals surface area contributed by atoms with Crippen molar-refractivity contribution in [3.63, 3.8) is 0 Å². The van der Waals surface area contributed by atoms with Gasteiger partial charge in [-0.2, -0.15) is 0 Å². The number of carbonyl (C=O) groups is 1. The van der Waals surface area contributed by atoms with Gasteiger partial charge < -0.3 is 4.90 Å². The molecule has 1 aliphatic heterocycles. The van der Waals surface area contributed by atoms with E-state index in [1.807, 2.05) is 4.90 Å². The fourth-order valence-corrected chi connectivity index (χ4v) is 3.01. The standard InChI is InChI=1S/C14H18FNOS/c1-11-4-2-3-9-16(11)14(17)10-18-13-7-5-12(15)6-8-13/h5-8,11H,2-4,9-10H2,1H3. The molecule has 98 valence electrons. The molecule has 0 N–H and O–H groups in total. The van der Waals surface area contributed by atoms with E-state index in [9.17, 15) is 9.18 Å². The van der Waals surface area contributed by atoms with Gasteiger partial charge in [-0.05, 0) is 50.5 Å². The Hall–Kier alpha value is -1.03. The van der Waals surface area contributed by atoms with E-state index in [2.05, 4.69) is 6.92 Å². The molecule has 0 radical (unpaired) electrons. The predicted molar refractivity (Wildman–Crippen MR) is 72.2 cm³/mol. The highest BCUT2D eigenvalue weighted by Crippen LogP contribution is 2.21. The number of nitrogens with zero attached hydrogens (tertiary/aromatic N) is 1. The van der Waals surface area contributed by atoms with E-state index in [1.165, 1.54) is 30.3 Å². The van der Waals surface area contributed by atoms with Gasteiger partial charge in [-0.15, -0.1) is 11.8 Å². The number of halogens is 1. The van der Waals surface area contributed by atoms with Crippen LogP contribution in [0, 0.1) is 5.82 Å². The van der Waals surface area contributed by atoms with E-state index in [0.29, 0.717) is 11.8 Å². The van der Waals surface area contributed by atoms with Crippen molar-refractivity contribution in [1.29, 1.82) is 0 Å². The van der Waals surface area contributed by atoms with Crippen LogP contribution in [0.15, 0.2) is 29.2 Å². The Morgan fingerprint density at radius 2 is 2.11 bits per heavy atom. The van der Waals surface area contributed by atoms with E-state index in [4.69, 9.17) is 0 Å². The molecule has 1 aromatic carbocycles. The zero-order valence-corrected chi connectivity index (χ0v) is 11.4. The molecule has 2 nitrogen and oxygen atoms in total. The molecule has 1 aliphatic rings. The minimum absolute atomic E-state index is 0.191. The van der Waals surface area contributed by atoms with Crippen LogP contribution in [0.3, 0.4) is 0 Å². The first-order valence-corrected chi connectivity index (χ1v) is 7.33. The molecule has 1 heterocycles. The molecule has 1 aromatic rings. The van der Waals surface area contributed by atoms with E-state index < -0.39 is 0 Å². The summed E-state index contributed by atoms with van der Waals surface area (Å²) in [6.45, 7) is 2.99. The quantitative estimate of drug-likeness (QED) is 0.783. The Morgan fingerprint density at radius 3 is 2.78 bits per heavy atom. The molecular formula is C14H18FNOS. The maximum absolute atomic E-state index is 12.7. The second-order valence-electron chi connectivity index (χ2n) is 4.67. The van der Waals surface area contributed by atoms with Crippen LogP contribution in [-0.4, -0.2) is 29.1 Å². The summed E-state index contributed by atoms with van der Waals surface area (Å²) in [5.74, 6) is 0.391. The van der Waals surface area contributed by atoms with Crippen LogP contribution < -0.4 is 0 Å². The number of thioether (sulfide) groups is 1. The molecule has 4 heteroatoms. The summed E-state index contributed by atoms with van der Waals surface area (Å²) in [5, 5.41) is 0. The summed E-state index contributed by atoms with van der Waals surface area (Å²) in [6.07, 6.45) is 3.43. The Kier molecular flexibility index (Phi) is 4.64. The normalized spacial score (nSPS) is 19.9. The fraction of sp³-hybridized carbons (Fsp3) is 0.500. The van der Waals surface area contributed by atoms with Crippen LogP contribution in [0.25, 0.3) is 0 Å². The fourth-order valence-electron chi connectivity index (χ4n) is 2.23. The highest BCUT2D eigenvalue weighted by atomic mass is 32.2. The first kappa shape index (κ1) is 13.4. The van der Waals surface area contributed by atoms with Crippen molar-refractivity contribution in [2.24, 2.45) is 0 Å². The summed E-state index contributed by atoms with van der Waals surface area (Å²) >= 11 is 1.48. The molecular weight excluding hydrogens is 249 g/mol. The van der Waals surface area contributed by atoms with Crippen LogP contribution >= 0.6 is 11.8 Å². The minimum Gasteiger partial charge on any atom is -0.339 e. The van der Waals surface area contributed by atoms with Crippen LogP contribution in [0.4, 0.5) is 4.39 Å². The molecule has 18 heavy (non-hydrogen) atoms. The second kappa shape index (κ2) is 6.23. The van der Waals surface area contributed by atoms with Crippen LogP contribution in [-0.2, 0) is 4.79 Å². The number of amides is 1. The third kappa shape index (κ3) is 3.48. The average Bonchev–Trinajstić information content (AvgIpc) is 2.38. The van der Waals surface area contributed by atoms with Gasteiger partial charge >= 0.3 is 0 Å². The van der Waals surface area contributed by atoms with Crippen molar-refractivity contribution in [3.8, 4) is 0 Å². The molecule has 0 aliphatic carbocycles. The van der Waals surface area contributed by atoms with Gasteiger partial charge in [0.15, 0.2) is 0 Å². The third-order valence-corrected chi connectivity index (χ3v) is 4.30. The number of hydrogen-bond acceptors (Lipinski definition) is 2. The topological polar surface area (TPSA) is 20.3 Å². The van der Waals surface area contributed by atoms with E-state index in [-0.39, 0.29) is 11.7 Å². The lowest BCUT2D eigenvalue weighted by Gasteiger charge is -2.33. The van der Waals surface area contributed by atoms with Crippen molar-refractivity contribution in [1.82, 2.24) is 4.90 Å². The van der Waals surface area contributed by atoms with Crippen LogP contribution in [0.1, 0.15) is 26.2 Å². The summed E-state index contributed by atoms with van der Waals surface area (Å²) in [7, 11) is 0. The zero-order valence-electron chi connectivity index (χ0n) is 10.6. The first-order valence-electron chi connectivity index (χ1n) is 6.34. The van der Waals surface area contributed by atoms with Gasteiger partial charge in [0.1, 0.15) is 5.82 Å². The molecule has 0 spiro atoms. The molecule has 0 aromatic heterocycles. The van der Waals surface area contributed by atoms with Crippen molar-refractivity contribution >= 4 is 17.7 Å². The molecule has 0 bridgehead atoms. The Morgan fingerprint density at radius 1 is 1.39 bits per heavy atom. The maximum Gasteiger partial charge on any atom is 0.233 e. The summed E-state index contributed by atoms with van der Waals surface area (Å²) < 4.78 is 12.7. The SMILES string of the molecule is CC1CCCCN1C(=O)CSc1ccc(F)cc1. The molecule has 1 unspecified atom stereocenters. The summed E-state index contributed by atoms with van der Waals surface area (Å²) in [6, 6.07) is 6.65. The Bertz CT molecular complexity index is 407. The molecule has 0 saturated carbocycles. The van der Waals surface area contributed by atoms with Gasteiger partial charge in [-0.1, -0.05) is 0 Å². The van der Waals surface area contributed by atoms with Crippen LogP contribution in [0.5, 0.6) is 0 Å². The van der Waals surface area contributed by atoms with Gasteiger partial charge in [-0.3, -0.25) is 4.79 Å². The lowest BCUT2D eigenvalue weighted by molar-refractivity contribution is -0.131. The highest BCUT2D eigenvalue weighted by molar-refractivity contribution is 8.00. The second-order valence-corrected chi connectivity index (χ2v) is 5.72. The van der Waals surface area contributed by atoms with Crippen LogP contribution in [0.2, 0.25) is 0 Å². The van der Waals surface area contributed by atoms with Crippen molar-refractivity contribution in [2.75, 3.05) is 12.3 Å². The highest BCUT2D eigenvalue weighted by Gasteiger charge is 2.22. The van der Waals surface area contributed by atoms with Gasteiger partial charge in [-0.25, -0.2) is 4.39 Å². The minimum atomic E-state index is -0.240. The van der Waals surface area contributed by atoms with E-state index >= 15 is 0 Å².